The van der Waals surface area contributed by atoms with Gasteiger partial charge >= 0.3 is 0 Å². The first-order valence-corrected chi connectivity index (χ1v) is 9.16. The first-order valence-electron chi connectivity index (χ1n) is 7.72. The van der Waals surface area contributed by atoms with E-state index in [0.29, 0.717) is 29.4 Å². The van der Waals surface area contributed by atoms with Crippen LogP contribution in [0.25, 0.3) is 0 Å². The first-order chi connectivity index (χ1) is 10.0. The maximum Gasteiger partial charge on any atom is 0.247 e. The van der Waals surface area contributed by atoms with E-state index >= 15 is 0 Å². The van der Waals surface area contributed by atoms with Gasteiger partial charge in [0.05, 0.1) is 11.4 Å². The molecule has 1 aliphatic rings. The molecular formula is C14H26N4O2S. The van der Waals surface area contributed by atoms with E-state index in [1.165, 1.54) is 0 Å². The van der Waals surface area contributed by atoms with E-state index in [9.17, 15) is 8.42 Å². The van der Waals surface area contributed by atoms with E-state index < -0.39 is 10.0 Å². The van der Waals surface area contributed by atoms with Crippen molar-refractivity contribution < 1.29 is 8.42 Å². The molecule has 0 saturated carbocycles. The molecule has 2 heterocycles. The number of hydrogen-bond acceptors (Lipinski definition) is 4. The Balaban J connectivity index is 2.42. The monoisotopic (exact) mass is 314 g/mol. The highest BCUT2D eigenvalue weighted by Gasteiger charge is 2.35. The summed E-state index contributed by atoms with van der Waals surface area (Å²) in [7, 11) is -1.69. The molecule has 1 aliphatic heterocycles. The lowest BCUT2D eigenvalue weighted by atomic mass is 10.1. The zero-order valence-corrected chi connectivity index (χ0v) is 14.0. The minimum absolute atomic E-state index is 0.106. The van der Waals surface area contributed by atoms with Crippen molar-refractivity contribution in [3.05, 3.63) is 11.4 Å². The van der Waals surface area contributed by atoms with Crippen LogP contribution in [0.4, 0.5) is 0 Å². The molecule has 1 fully saturated rings. The number of aromatic nitrogens is 2. The number of aryl methyl sites for hydroxylation is 1. The van der Waals surface area contributed by atoms with Gasteiger partial charge in [0.15, 0.2) is 0 Å². The Morgan fingerprint density at radius 2 is 2.14 bits per heavy atom. The van der Waals surface area contributed by atoms with Crippen molar-refractivity contribution in [1.29, 1.82) is 0 Å². The van der Waals surface area contributed by atoms with Gasteiger partial charge in [-0.2, -0.15) is 9.40 Å². The summed E-state index contributed by atoms with van der Waals surface area (Å²) in [5.41, 5.74) is 1.20. The van der Waals surface area contributed by atoms with E-state index in [1.54, 1.807) is 18.3 Å². The van der Waals surface area contributed by atoms with Gasteiger partial charge in [0.1, 0.15) is 4.90 Å². The second-order valence-electron chi connectivity index (χ2n) is 5.68. The third-order valence-corrected chi connectivity index (χ3v) is 6.32. The maximum absolute atomic E-state index is 13.1. The van der Waals surface area contributed by atoms with Crippen molar-refractivity contribution in [2.45, 2.75) is 63.4 Å². The lowest BCUT2D eigenvalue weighted by molar-refractivity contribution is 0.314. The van der Waals surface area contributed by atoms with Gasteiger partial charge in [-0.3, -0.25) is 5.10 Å². The molecule has 0 aliphatic carbocycles. The molecule has 6 nitrogen and oxygen atoms in total. The van der Waals surface area contributed by atoms with Crippen LogP contribution in [-0.2, 0) is 16.6 Å². The van der Waals surface area contributed by atoms with Gasteiger partial charge in [-0.25, -0.2) is 8.42 Å². The lowest BCUT2D eigenvalue weighted by Crippen LogP contribution is -2.40. The zero-order valence-electron chi connectivity index (χ0n) is 13.1. The summed E-state index contributed by atoms with van der Waals surface area (Å²) < 4.78 is 28.0. The maximum atomic E-state index is 13.1. The molecule has 120 valence electrons. The molecule has 0 spiro atoms. The summed E-state index contributed by atoms with van der Waals surface area (Å²) in [5, 5.41) is 9.95. The molecule has 1 atom stereocenters. The van der Waals surface area contributed by atoms with Crippen LogP contribution in [0.3, 0.4) is 0 Å². The average Bonchev–Trinajstić information content (AvgIpc) is 2.68. The Kier molecular flexibility index (Phi) is 5.40. The second-order valence-corrected chi connectivity index (χ2v) is 7.51. The quantitative estimate of drug-likeness (QED) is 0.868. The van der Waals surface area contributed by atoms with Crippen LogP contribution in [-0.4, -0.2) is 42.6 Å². The van der Waals surface area contributed by atoms with Gasteiger partial charge in [-0.05, 0) is 33.2 Å². The minimum Gasteiger partial charge on any atom is -0.314 e. The first kappa shape index (κ1) is 16.5. The molecule has 7 heteroatoms. The summed E-state index contributed by atoms with van der Waals surface area (Å²) >= 11 is 0. The molecule has 0 bridgehead atoms. The van der Waals surface area contributed by atoms with Crippen LogP contribution in [0.1, 0.15) is 50.4 Å². The number of rotatable bonds is 5. The molecule has 2 N–H and O–H groups in total. The molecular weight excluding hydrogens is 288 g/mol. The lowest BCUT2D eigenvalue weighted by Gasteiger charge is -2.28. The fourth-order valence-corrected chi connectivity index (χ4v) is 5.19. The number of hydrogen-bond donors (Lipinski definition) is 2. The van der Waals surface area contributed by atoms with Gasteiger partial charge in [-0.15, -0.1) is 0 Å². The van der Waals surface area contributed by atoms with Gasteiger partial charge < -0.3 is 5.32 Å². The Bertz CT molecular complexity index is 568. The molecule has 21 heavy (non-hydrogen) atoms. The van der Waals surface area contributed by atoms with Gasteiger partial charge in [0.2, 0.25) is 10.0 Å². The Hall–Kier alpha value is -0.920. The van der Waals surface area contributed by atoms with Crippen LogP contribution >= 0.6 is 0 Å². The van der Waals surface area contributed by atoms with E-state index in [-0.39, 0.29) is 6.04 Å². The summed E-state index contributed by atoms with van der Waals surface area (Å²) in [6.07, 6.45) is 4.97. The molecule has 0 aromatic carbocycles. The third kappa shape index (κ3) is 3.30. The molecule has 2 rings (SSSR count). The molecule has 0 amide bonds. The number of H-pyrrole nitrogens is 1. The number of nitrogens with zero attached hydrogens (tertiary/aromatic N) is 2. The topological polar surface area (TPSA) is 78.1 Å². The van der Waals surface area contributed by atoms with Crippen molar-refractivity contribution in [2.24, 2.45) is 0 Å². The number of aromatic amines is 1. The SMILES string of the molecule is CCC1CCCCCN1S(=O)(=O)c1c(CNC)n[nH]c1C. The zero-order chi connectivity index (χ0) is 15.5. The number of nitrogens with one attached hydrogen (secondary N) is 2. The normalized spacial score (nSPS) is 21.4. The molecule has 1 aromatic rings. The molecule has 1 saturated heterocycles. The van der Waals surface area contributed by atoms with Crippen LogP contribution in [0, 0.1) is 6.92 Å². The Morgan fingerprint density at radius 3 is 2.81 bits per heavy atom. The van der Waals surface area contributed by atoms with Crippen molar-refractivity contribution in [2.75, 3.05) is 13.6 Å². The predicted molar refractivity (Wildman–Crippen MR) is 82.5 cm³/mol. The van der Waals surface area contributed by atoms with Crippen LogP contribution in [0.5, 0.6) is 0 Å². The largest absolute Gasteiger partial charge is 0.314 e. The van der Waals surface area contributed by atoms with Crippen molar-refractivity contribution in [3.8, 4) is 0 Å². The van der Waals surface area contributed by atoms with Gasteiger partial charge in [-0.1, -0.05) is 19.8 Å². The standard InChI is InChI=1S/C14H26N4O2S/c1-4-12-8-6-5-7-9-18(12)21(19,20)14-11(2)16-17-13(14)10-15-3/h12,15H,4-10H2,1-3H3,(H,16,17). The van der Waals surface area contributed by atoms with E-state index in [1.807, 2.05) is 0 Å². The summed E-state index contributed by atoms with van der Waals surface area (Å²) in [6.45, 7) is 4.90. The third-order valence-electron chi connectivity index (χ3n) is 4.17. The van der Waals surface area contributed by atoms with E-state index in [0.717, 1.165) is 32.1 Å². The predicted octanol–water partition coefficient (Wildman–Crippen LogP) is 1.78. The smallest absolute Gasteiger partial charge is 0.247 e. The van der Waals surface area contributed by atoms with E-state index in [4.69, 9.17) is 0 Å². The van der Waals surface area contributed by atoms with Gasteiger partial charge in [0.25, 0.3) is 0 Å². The molecule has 0 radical (unpaired) electrons. The van der Waals surface area contributed by atoms with Crippen molar-refractivity contribution in [1.82, 2.24) is 19.8 Å². The van der Waals surface area contributed by atoms with Crippen LogP contribution in [0.15, 0.2) is 4.90 Å². The Labute approximate surface area is 127 Å². The summed E-state index contributed by atoms with van der Waals surface area (Å²) in [5.74, 6) is 0. The fourth-order valence-electron chi connectivity index (χ4n) is 3.09. The van der Waals surface area contributed by atoms with E-state index in [2.05, 4.69) is 22.4 Å². The van der Waals surface area contributed by atoms with Crippen molar-refractivity contribution in [3.63, 3.8) is 0 Å². The highest BCUT2D eigenvalue weighted by Crippen LogP contribution is 2.29. The summed E-state index contributed by atoms with van der Waals surface area (Å²) in [4.78, 5) is 0.359. The highest BCUT2D eigenvalue weighted by molar-refractivity contribution is 7.89. The fraction of sp³-hybridized carbons (Fsp3) is 0.786. The average molecular weight is 314 g/mol. The van der Waals surface area contributed by atoms with Crippen LogP contribution < -0.4 is 5.32 Å². The minimum atomic E-state index is -3.49. The van der Waals surface area contributed by atoms with Crippen molar-refractivity contribution >= 4 is 10.0 Å². The van der Waals surface area contributed by atoms with Crippen LogP contribution in [0.2, 0.25) is 0 Å². The highest BCUT2D eigenvalue weighted by atomic mass is 32.2. The van der Waals surface area contributed by atoms with Gasteiger partial charge in [0, 0.05) is 19.1 Å². The second kappa shape index (κ2) is 6.89. The molecule has 1 unspecified atom stereocenters. The number of sulfonamides is 1. The molecule has 1 aromatic heterocycles. The Morgan fingerprint density at radius 1 is 1.38 bits per heavy atom. The summed E-state index contributed by atoms with van der Waals surface area (Å²) in [6, 6.07) is 0.106.